The SMILES string of the molecule is COc1cccc(CSc2nc3cc(C(=O)N4CCCCC4)ccc3c(=O)n2-c2cc(OC)cc(OC)c2)c1. The summed E-state index contributed by atoms with van der Waals surface area (Å²) in [6.07, 6.45) is 3.17. The van der Waals surface area contributed by atoms with E-state index in [9.17, 15) is 9.59 Å². The number of rotatable bonds is 8. The van der Waals surface area contributed by atoms with Crippen LogP contribution in [-0.2, 0) is 5.75 Å². The van der Waals surface area contributed by atoms with E-state index in [4.69, 9.17) is 19.2 Å². The van der Waals surface area contributed by atoms with Gasteiger partial charge in [-0.15, -0.1) is 0 Å². The van der Waals surface area contributed by atoms with Crippen LogP contribution in [0.15, 0.2) is 70.6 Å². The van der Waals surface area contributed by atoms with Crippen LogP contribution in [0.3, 0.4) is 0 Å². The van der Waals surface area contributed by atoms with E-state index in [0.717, 1.165) is 43.7 Å². The van der Waals surface area contributed by atoms with Gasteiger partial charge in [0.15, 0.2) is 5.16 Å². The van der Waals surface area contributed by atoms with Crippen molar-refractivity contribution in [2.45, 2.75) is 30.2 Å². The number of hydrogen-bond donors (Lipinski definition) is 0. The van der Waals surface area contributed by atoms with Gasteiger partial charge in [-0.25, -0.2) is 4.98 Å². The molecule has 0 atom stereocenters. The van der Waals surface area contributed by atoms with E-state index in [1.165, 1.54) is 11.8 Å². The van der Waals surface area contributed by atoms with Crippen molar-refractivity contribution in [3.63, 3.8) is 0 Å². The average molecular weight is 546 g/mol. The normalized spacial score (nSPS) is 13.4. The summed E-state index contributed by atoms with van der Waals surface area (Å²) in [4.78, 5) is 33.9. The van der Waals surface area contributed by atoms with E-state index in [1.807, 2.05) is 29.2 Å². The molecule has 1 aliphatic rings. The zero-order valence-electron chi connectivity index (χ0n) is 22.3. The topological polar surface area (TPSA) is 82.9 Å². The average Bonchev–Trinajstić information content (AvgIpc) is 2.99. The molecule has 1 aromatic heterocycles. The zero-order chi connectivity index (χ0) is 27.4. The number of aromatic nitrogens is 2. The third-order valence-electron chi connectivity index (χ3n) is 6.83. The maximum Gasteiger partial charge on any atom is 0.266 e. The molecule has 2 heterocycles. The van der Waals surface area contributed by atoms with Crippen molar-refractivity contribution in [2.75, 3.05) is 34.4 Å². The number of benzene rings is 3. The van der Waals surface area contributed by atoms with E-state index < -0.39 is 0 Å². The van der Waals surface area contributed by atoms with Crippen LogP contribution in [0.25, 0.3) is 16.6 Å². The van der Waals surface area contributed by atoms with Gasteiger partial charge >= 0.3 is 0 Å². The van der Waals surface area contributed by atoms with E-state index in [2.05, 4.69) is 0 Å². The molecule has 1 amide bonds. The second-order valence-corrected chi connectivity index (χ2v) is 10.3. The van der Waals surface area contributed by atoms with Crippen LogP contribution >= 0.6 is 11.8 Å². The second kappa shape index (κ2) is 11.8. The van der Waals surface area contributed by atoms with Crippen LogP contribution in [0.5, 0.6) is 17.2 Å². The Balaban J connectivity index is 1.62. The molecule has 0 saturated carbocycles. The zero-order valence-corrected chi connectivity index (χ0v) is 23.1. The predicted octanol–water partition coefficient (Wildman–Crippen LogP) is 5.33. The van der Waals surface area contributed by atoms with Gasteiger partial charge in [0.25, 0.3) is 11.5 Å². The lowest BCUT2D eigenvalue weighted by molar-refractivity contribution is 0.0724. The summed E-state index contributed by atoms with van der Waals surface area (Å²) in [6.45, 7) is 1.51. The van der Waals surface area contributed by atoms with Crippen LogP contribution < -0.4 is 19.8 Å². The molecule has 202 valence electrons. The highest BCUT2D eigenvalue weighted by Gasteiger charge is 2.21. The summed E-state index contributed by atoms with van der Waals surface area (Å²) in [6, 6.07) is 18.3. The lowest BCUT2D eigenvalue weighted by Gasteiger charge is -2.26. The summed E-state index contributed by atoms with van der Waals surface area (Å²) >= 11 is 1.43. The number of carbonyl (C=O) groups excluding carboxylic acids is 1. The number of amides is 1. The van der Waals surface area contributed by atoms with Crippen LogP contribution in [-0.4, -0.2) is 54.8 Å². The Hall–Kier alpha value is -3.98. The summed E-state index contributed by atoms with van der Waals surface area (Å²) in [5.41, 5.74) is 2.40. The highest BCUT2D eigenvalue weighted by Crippen LogP contribution is 2.30. The molecule has 9 heteroatoms. The first kappa shape index (κ1) is 26.6. The fourth-order valence-corrected chi connectivity index (χ4v) is 5.69. The Kier molecular flexibility index (Phi) is 8.07. The van der Waals surface area contributed by atoms with E-state index in [-0.39, 0.29) is 11.5 Å². The standard InChI is InChI=1S/C30H31N3O5S/c1-36-23-9-7-8-20(14-23)19-39-30-31-27-15-21(28(34)32-12-5-4-6-13-32)10-11-26(27)29(35)33(30)22-16-24(37-2)18-25(17-22)38-3/h7-11,14-18H,4-6,12-13,19H2,1-3H3. The number of piperidine rings is 1. The molecule has 0 spiro atoms. The molecule has 5 rings (SSSR count). The number of carbonyl (C=O) groups is 1. The molecule has 0 radical (unpaired) electrons. The molecule has 39 heavy (non-hydrogen) atoms. The first-order valence-electron chi connectivity index (χ1n) is 12.9. The number of nitrogens with zero attached hydrogens (tertiary/aromatic N) is 3. The van der Waals surface area contributed by atoms with Gasteiger partial charge in [0, 0.05) is 42.6 Å². The van der Waals surface area contributed by atoms with Gasteiger partial charge in [0.2, 0.25) is 0 Å². The third-order valence-corrected chi connectivity index (χ3v) is 7.84. The van der Waals surface area contributed by atoms with Crippen molar-refractivity contribution >= 4 is 28.6 Å². The van der Waals surface area contributed by atoms with E-state index in [1.54, 1.807) is 62.3 Å². The third kappa shape index (κ3) is 5.73. The number of ether oxygens (including phenoxy) is 3. The molecular formula is C30H31N3O5S. The number of hydrogen-bond acceptors (Lipinski definition) is 7. The van der Waals surface area contributed by atoms with Crippen molar-refractivity contribution < 1.29 is 19.0 Å². The van der Waals surface area contributed by atoms with Crippen LogP contribution in [0.1, 0.15) is 35.2 Å². The van der Waals surface area contributed by atoms with Crippen molar-refractivity contribution in [3.8, 4) is 22.9 Å². The lowest BCUT2D eigenvalue weighted by Crippen LogP contribution is -2.35. The highest BCUT2D eigenvalue weighted by molar-refractivity contribution is 7.98. The fourth-order valence-electron chi connectivity index (χ4n) is 4.73. The van der Waals surface area contributed by atoms with Crippen molar-refractivity contribution in [1.82, 2.24) is 14.5 Å². The summed E-state index contributed by atoms with van der Waals surface area (Å²) in [5, 5.41) is 0.922. The first-order chi connectivity index (χ1) is 19.0. The molecule has 3 aromatic carbocycles. The number of methoxy groups -OCH3 is 3. The van der Waals surface area contributed by atoms with Crippen LogP contribution in [0.2, 0.25) is 0 Å². The summed E-state index contributed by atoms with van der Waals surface area (Å²) < 4.78 is 17.9. The summed E-state index contributed by atoms with van der Waals surface area (Å²) in [5.74, 6) is 2.41. The second-order valence-electron chi connectivity index (χ2n) is 9.33. The number of likely N-dealkylation sites (tertiary alicyclic amines) is 1. The maximum atomic E-state index is 14.0. The highest BCUT2D eigenvalue weighted by atomic mass is 32.2. The quantitative estimate of drug-likeness (QED) is 0.219. The van der Waals surface area contributed by atoms with Gasteiger partial charge < -0.3 is 19.1 Å². The predicted molar refractivity (Wildman–Crippen MR) is 153 cm³/mol. The number of fused-ring (bicyclic) bond motifs is 1. The van der Waals surface area contributed by atoms with Gasteiger partial charge in [0.05, 0.1) is 37.9 Å². The minimum absolute atomic E-state index is 0.0225. The molecule has 0 N–H and O–H groups in total. The Morgan fingerprint density at radius 2 is 1.59 bits per heavy atom. The lowest BCUT2D eigenvalue weighted by atomic mass is 10.1. The van der Waals surface area contributed by atoms with E-state index >= 15 is 0 Å². The molecular weight excluding hydrogens is 514 g/mol. The number of thioether (sulfide) groups is 1. The monoisotopic (exact) mass is 545 g/mol. The molecule has 0 unspecified atom stereocenters. The van der Waals surface area contributed by atoms with Crippen molar-refractivity contribution in [2.24, 2.45) is 0 Å². The first-order valence-corrected chi connectivity index (χ1v) is 13.8. The Morgan fingerprint density at radius 1 is 0.872 bits per heavy atom. The van der Waals surface area contributed by atoms with E-state index in [0.29, 0.717) is 44.6 Å². The fraction of sp³-hybridized carbons (Fsp3) is 0.300. The molecule has 0 aliphatic carbocycles. The smallest absolute Gasteiger partial charge is 0.266 e. The minimum atomic E-state index is -0.236. The molecule has 1 fully saturated rings. The van der Waals surface area contributed by atoms with Crippen LogP contribution in [0.4, 0.5) is 0 Å². The van der Waals surface area contributed by atoms with Gasteiger partial charge in [-0.1, -0.05) is 23.9 Å². The molecule has 8 nitrogen and oxygen atoms in total. The molecule has 4 aromatic rings. The van der Waals surface area contributed by atoms with Gasteiger partial charge in [-0.2, -0.15) is 0 Å². The molecule has 0 bridgehead atoms. The molecule has 1 saturated heterocycles. The summed E-state index contributed by atoms with van der Waals surface area (Å²) in [7, 11) is 4.77. The van der Waals surface area contributed by atoms with Gasteiger partial charge in [0.1, 0.15) is 17.2 Å². The molecule has 1 aliphatic heterocycles. The van der Waals surface area contributed by atoms with Crippen molar-refractivity contribution in [3.05, 3.63) is 82.1 Å². The van der Waals surface area contributed by atoms with Gasteiger partial charge in [-0.3, -0.25) is 14.2 Å². The Morgan fingerprint density at radius 3 is 2.28 bits per heavy atom. The van der Waals surface area contributed by atoms with Crippen molar-refractivity contribution in [1.29, 1.82) is 0 Å². The van der Waals surface area contributed by atoms with Gasteiger partial charge in [-0.05, 0) is 55.2 Å². The maximum absolute atomic E-state index is 14.0. The Bertz CT molecular complexity index is 1540. The Labute approximate surface area is 231 Å². The largest absolute Gasteiger partial charge is 0.497 e. The minimum Gasteiger partial charge on any atom is -0.497 e. The van der Waals surface area contributed by atoms with Crippen LogP contribution in [0, 0.1) is 0 Å².